The fraction of sp³-hybridized carbons (Fsp3) is 0.407. The number of hydrogen-bond acceptors (Lipinski definition) is 7. The van der Waals surface area contributed by atoms with Gasteiger partial charge < -0.3 is 20.5 Å². The molecular weight excluding hydrogens is 554 g/mol. The lowest BCUT2D eigenvalue weighted by molar-refractivity contribution is -0.120. The van der Waals surface area contributed by atoms with Gasteiger partial charge in [0.25, 0.3) is 11.8 Å². The van der Waals surface area contributed by atoms with Gasteiger partial charge in [0.1, 0.15) is 5.75 Å². The first kappa shape index (κ1) is 26.3. The molecule has 0 radical (unpaired) electrons. The van der Waals surface area contributed by atoms with Crippen LogP contribution < -0.4 is 20.8 Å². The van der Waals surface area contributed by atoms with Crippen molar-refractivity contribution in [3.05, 3.63) is 57.1 Å². The molecule has 3 aliphatic rings. The van der Waals surface area contributed by atoms with Crippen molar-refractivity contribution in [1.29, 1.82) is 0 Å². The fourth-order valence-electron chi connectivity index (χ4n) is 5.15. The average molecular weight is 584 g/mol. The molecule has 0 spiro atoms. The minimum atomic E-state index is -0.461. The zero-order chi connectivity index (χ0) is 26.6. The molecule has 0 bridgehead atoms. The lowest BCUT2D eigenvalue weighted by Gasteiger charge is -2.22. The number of likely N-dealkylation sites (tertiary alicyclic amines) is 1. The van der Waals surface area contributed by atoms with Gasteiger partial charge in [0.15, 0.2) is 5.71 Å². The van der Waals surface area contributed by atoms with Crippen LogP contribution in [-0.2, 0) is 22.4 Å². The minimum Gasteiger partial charge on any atom is -0.493 e. The number of benzene rings is 2. The summed E-state index contributed by atoms with van der Waals surface area (Å²) in [6.07, 6.45) is 3.82. The minimum absolute atomic E-state index is 0.0681. The van der Waals surface area contributed by atoms with Crippen molar-refractivity contribution in [1.82, 2.24) is 15.6 Å². The van der Waals surface area contributed by atoms with E-state index in [1.54, 1.807) is 12.1 Å². The number of carbonyl (C=O) groups excluding carboxylic acids is 3. The molecule has 0 aromatic heterocycles. The molecule has 3 heterocycles. The number of rotatable bonds is 9. The average Bonchev–Trinajstić information content (AvgIpc) is 3.63. The number of hydrazone groups is 1. The molecule has 3 amide bonds. The first-order chi connectivity index (χ1) is 18.4. The quantitative estimate of drug-likeness (QED) is 0.263. The lowest BCUT2D eigenvalue weighted by Crippen LogP contribution is -2.35. The molecule has 10 nitrogen and oxygen atoms in total. The van der Waals surface area contributed by atoms with E-state index in [0.717, 1.165) is 55.6 Å². The van der Waals surface area contributed by atoms with Gasteiger partial charge in [-0.2, -0.15) is 5.10 Å². The highest BCUT2D eigenvalue weighted by molar-refractivity contribution is 9.10. The van der Waals surface area contributed by atoms with Gasteiger partial charge >= 0.3 is 0 Å². The summed E-state index contributed by atoms with van der Waals surface area (Å²) < 4.78 is 6.02. The number of nitrogens with zero attached hydrogens (tertiary/aromatic N) is 2. The van der Waals surface area contributed by atoms with Gasteiger partial charge in [-0.1, -0.05) is 12.1 Å². The van der Waals surface area contributed by atoms with Crippen molar-refractivity contribution in [2.75, 3.05) is 38.2 Å². The van der Waals surface area contributed by atoms with Crippen LogP contribution in [0.1, 0.15) is 46.3 Å². The van der Waals surface area contributed by atoms with Gasteiger partial charge in [-0.15, -0.1) is 0 Å². The third kappa shape index (κ3) is 5.74. The molecule has 0 unspecified atom stereocenters. The molecule has 1 fully saturated rings. The zero-order valence-corrected chi connectivity index (χ0v) is 22.5. The van der Waals surface area contributed by atoms with Crippen LogP contribution in [0, 0.1) is 0 Å². The predicted molar refractivity (Wildman–Crippen MR) is 145 cm³/mol. The molecule has 11 heteroatoms. The normalized spacial score (nSPS) is 19.2. The predicted octanol–water partition coefficient (Wildman–Crippen LogP) is 1.98. The number of carbonyl (C=O) groups is 3. The Hall–Kier alpha value is -3.28. The SMILES string of the molecule is O=C(Cc1ccc2c(c1)CCO2)N/N=C1\C(=O)Nc2cc(C(=O)NCCCN3CCC[C@@H]3CO)cc(Br)c21. The van der Waals surface area contributed by atoms with Crippen molar-refractivity contribution in [3.8, 4) is 5.75 Å². The Labute approximate surface area is 228 Å². The summed E-state index contributed by atoms with van der Waals surface area (Å²) in [5.74, 6) is -0.201. The Bertz CT molecular complexity index is 1300. The van der Waals surface area contributed by atoms with Gasteiger partial charge in [-0.3, -0.25) is 19.3 Å². The van der Waals surface area contributed by atoms with Crippen LogP contribution in [-0.4, -0.2) is 72.3 Å². The molecule has 2 aromatic carbocycles. The summed E-state index contributed by atoms with van der Waals surface area (Å²) in [6, 6.07) is 9.12. The maximum Gasteiger partial charge on any atom is 0.276 e. The molecule has 38 heavy (non-hydrogen) atoms. The Kier molecular flexibility index (Phi) is 8.06. The van der Waals surface area contributed by atoms with Crippen LogP contribution in [0.15, 0.2) is 39.9 Å². The molecule has 3 aliphatic heterocycles. The van der Waals surface area contributed by atoms with Crippen LogP contribution in [0.2, 0.25) is 0 Å². The van der Waals surface area contributed by atoms with Gasteiger partial charge in [0.2, 0.25) is 5.91 Å². The van der Waals surface area contributed by atoms with Crippen LogP contribution >= 0.6 is 15.9 Å². The summed E-state index contributed by atoms with van der Waals surface area (Å²) in [5.41, 5.74) is 5.81. The topological polar surface area (TPSA) is 132 Å². The molecule has 2 aromatic rings. The monoisotopic (exact) mass is 583 g/mol. The van der Waals surface area contributed by atoms with E-state index in [1.165, 1.54) is 0 Å². The summed E-state index contributed by atoms with van der Waals surface area (Å²) in [5, 5.41) is 19.2. The smallest absolute Gasteiger partial charge is 0.276 e. The summed E-state index contributed by atoms with van der Waals surface area (Å²) >= 11 is 3.46. The lowest BCUT2D eigenvalue weighted by atomic mass is 10.1. The number of halogens is 1. The third-order valence-electron chi connectivity index (χ3n) is 7.08. The van der Waals surface area contributed by atoms with Gasteiger partial charge in [0.05, 0.1) is 25.3 Å². The zero-order valence-electron chi connectivity index (χ0n) is 20.9. The summed E-state index contributed by atoms with van der Waals surface area (Å²) in [7, 11) is 0. The largest absolute Gasteiger partial charge is 0.493 e. The first-order valence-electron chi connectivity index (χ1n) is 12.8. The number of amides is 3. The standard InChI is InChI=1S/C27H30BrN5O5/c28-20-13-18(26(36)29-7-2-9-33-8-1-3-19(33)15-34)14-21-24(20)25(27(37)30-21)32-31-23(35)12-16-4-5-22-17(11-16)6-10-38-22/h4-5,11,13-14,19,34H,1-3,6-10,12,15H2,(H,29,36)(H,31,35)(H,30,32,37)/t19-/m1/s1. The van der Waals surface area contributed by atoms with Gasteiger partial charge in [0, 0.05) is 41.2 Å². The van der Waals surface area contributed by atoms with Crippen LogP contribution in [0.5, 0.6) is 5.75 Å². The third-order valence-corrected chi connectivity index (χ3v) is 7.71. The molecule has 0 aliphatic carbocycles. The highest BCUT2D eigenvalue weighted by Gasteiger charge is 2.30. The number of fused-ring (bicyclic) bond motifs is 2. The molecule has 4 N–H and O–H groups in total. The van der Waals surface area contributed by atoms with Crippen molar-refractivity contribution >= 4 is 45.1 Å². The molecule has 200 valence electrons. The van der Waals surface area contributed by atoms with E-state index in [4.69, 9.17) is 4.74 Å². The van der Waals surface area contributed by atoms with E-state index in [1.807, 2.05) is 18.2 Å². The molecule has 5 rings (SSSR count). The van der Waals surface area contributed by atoms with Crippen molar-refractivity contribution in [2.45, 2.75) is 38.1 Å². The second-order valence-corrected chi connectivity index (χ2v) is 10.5. The number of anilines is 1. The first-order valence-corrected chi connectivity index (χ1v) is 13.6. The van der Waals surface area contributed by atoms with E-state index in [0.29, 0.717) is 34.4 Å². The van der Waals surface area contributed by atoms with E-state index in [2.05, 4.69) is 42.0 Å². The van der Waals surface area contributed by atoms with Crippen LogP contribution in [0.25, 0.3) is 0 Å². The van der Waals surface area contributed by atoms with Gasteiger partial charge in [-0.25, -0.2) is 5.43 Å². The maximum absolute atomic E-state index is 12.7. The van der Waals surface area contributed by atoms with E-state index in [9.17, 15) is 19.5 Å². The number of aliphatic hydroxyl groups excluding tert-OH is 1. The number of ether oxygens (including phenoxy) is 1. The summed E-state index contributed by atoms with van der Waals surface area (Å²) in [4.78, 5) is 40.1. The molecule has 1 atom stereocenters. The van der Waals surface area contributed by atoms with E-state index in [-0.39, 0.29) is 36.6 Å². The molecule has 1 saturated heterocycles. The van der Waals surface area contributed by atoms with Crippen LogP contribution in [0.4, 0.5) is 5.69 Å². The van der Waals surface area contributed by atoms with Gasteiger partial charge in [-0.05, 0) is 71.1 Å². The Morgan fingerprint density at radius 2 is 2.13 bits per heavy atom. The highest BCUT2D eigenvalue weighted by atomic mass is 79.9. The van der Waals surface area contributed by atoms with Crippen LogP contribution in [0.3, 0.4) is 0 Å². The number of nitrogens with one attached hydrogen (secondary N) is 3. The van der Waals surface area contributed by atoms with Crippen molar-refractivity contribution < 1.29 is 24.2 Å². The highest BCUT2D eigenvalue weighted by Crippen LogP contribution is 2.32. The fourth-order valence-corrected chi connectivity index (χ4v) is 5.80. The second kappa shape index (κ2) is 11.6. The molecular formula is C27H30BrN5O5. The Morgan fingerprint density at radius 1 is 1.26 bits per heavy atom. The Morgan fingerprint density at radius 3 is 2.97 bits per heavy atom. The van der Waals surface area contributed by atoms with E-state index < -0.39 is 5.91 Å². The Balaban J connectivity index is 1.18. The molecule has 0 saturated carbocycles. The number of aliphatic hydroxyl groups is 1. The maximum atomic E-state index is 12.7. The van der Waals surface area contributed by atoms with Crippen molar-refractivity contribution in [3.63, 3.8) is 0 Å². The van der Waals surface area contributed by atoms with E-state index >= 15 is 0 Å². The number of hydrogen-bond donors (Lipinski definition) is 4. The second-order valence-electron chi connectivity index (χ2n) is 9.67. The summed E-state index contributed by atoms with van der Waals surface area (Å²) in [6.45, 7) is 3.12. The van der Waals surface area contributed by atoms with Crippen molar-refractivity contribution in [2.24, 2.45) is 5.10 Å².